The molecule has 0 N–H and O–H groups in total. The Balaban J connectivity index is 0.000000537. The third-order valence-electron chi connectivity index (χ3n) is 4.14. The maximum Gasteiger partial charge on any atom is 4.00 e. The first-order chi connectivity index (χ1) is 18.5. The Morgan fingerprint density at radius 1 is 0.590 bits per heavy atom. The van der Waals surface area contributed by atoms with Crippen molar-refractivity contribution in [1.82, 2.24) is 0 Å². The van der Waals surface area contributed by atoms with Crippen LogP contribution in [-0.4, -0.2) is 39.6 Å². The van der Waals surface area contributed by atoms with Crippen molar-refractivity contribution in [3.8, 4) is 11.5 Å². The van der Waals surface area contributed by atoms with E-state index in [2.05, 4.69) is 0 Å². The van der Waals surface area contributed by atoms with Crippen LogP contribution in [0.5, 0.6) is 11.5 Å². The van der Waals surface area contributed by atoms with Crippen LogP contribution in [0.1, 0.15) is 13.8 Å². The Hall–Kier alpha value is -2.91. The molecule has 39 heavy (non-hydrogen) atoms. The van der Waals surface area contributed by atoms with Gasteiger partial charge in [-0.3, -0.25) is 0 Å². The number of benzene rings is 2. The second kappa shape index (κ2) is 24.2. The Morgan fingerprint density at radius 2 is 0.949 bits per heavy atom. The molecule has 0 aliphatic carbocycles. The number of rotatable bonds is 10. The molecule has 9 heteroatoms. The van der Waals surface area contributed by atoms with E-state index < -0.39 is 23.3 Å². The van der Waals surface area contributed by atoms with Crippen LogP contribution < -0.4 is 9.47 Å². The third-order valence-corrected chi connectivity index (χ3v) is 4.14. The maximum atomic E-state index is 12.9. The first kappa shape index (κ1) is 36.1. The molecule has 0 aromatic heterocycles. The molecular weight excluding hydrogens is 548 g/mol. The fourth-order valence-electron chi connectivity index (χ4n) is 2.43. The zero-order valence-electron chi connectivity index (χ0n) is 22.0. The standard InChI is InChI=1S/2C10H11F2O2.2C5H5.Ti/c2*1-2-13-5-6-14-10-4-3-8(11)7-9(10)12;2*1-2-4-5-3-1;/h2*3-4H,2,5-6H2,1H3;2*1-5H;/q4*-1;+4. The molecule has 0 heterocycles. The molecule has 0 spiro atoms. The number of halogens is 4. The van der Waals surface area contributed by atoms with E-state index in [-0.39, 0.29) is 46.4 Å². The van der Waals surface area contributed by atoms with Crippen molar-refractivity contribution in [3.05, 3.63) is 120 Å². The van der Waals surface area contributed by atoms with Crippen LogP contribution in [0.4, 0.5) is 17.6 Å². The van der Waals surface area contributed by atoms with E-state index in [0.29, 0.717) is 26.4 Å². The van der Waals surface area contributed by atoms with Gasteiger partial charge in [0.05, 0.1) is 38.1 Å². The molecule has 0 atom stereocenters. The second-order valence-electron chi connectivity index (χ2n) is 6.98. The molecule has 0 radical (unpaired) electrons. The van der Waals surface area contributed by atoms with Gasteiger partial charge in [0.15, 0.2) is 0 Å². The Kier molecular flexibility index (Phi) is 22.4. The largest absolute Gasteiger partial charge is 4.00 e. The van der Waals surface area contributed by atoms with Gasteiger partial charge in [-0.05, 0) is 13.8 Å². The van der Waals surface area contributed by atoms with Gasteiger partial charge in [0, 0.05) is 36.3 Å². The Bertz CT molecular complexity index is 941. The van der Waals surface area contributed by atoms with Gasteiger partial charge in [0.1, 0.15) is 0 Å². The minimum absolute atomic E-state index is 0. The SMILES string of the molecule is CCOCCOc1ccc(F)[c-]c1F.CCOCCOc1ccc(F)[c-]c1F.[Ti+4].c1cc[cH-]c1.c1cc[cH-]c1. The van der Waals surface area contributed by atoms with Gasteiger partial charge in [-0.1, -0.05) is 0 Å². The van der Waals surface area contributed by atoms with Crippen molar-refractivity contribution in [1.29, 1.82) is 0 Å². The molecule has 4 rings (SSSR count). The predicted octanol–water partition coefficient (Wildman–Crippen LogP) is 7.17. The molecule has 4 aromatic rings. The van der Waals surface area contributed by atoms with Crippen molar-refractivity contribution < 1.29 is 58.2 Å². The summed E-state index contributed by atoms with van der Waals surface area (Å²) in [6, 6.07) is 28.4. The molecule has 208 valence electrons. The summed E-state index contributed by atoms with van der Waals surface area (Å²) in [5, 5.41) is 0. The summed E-state index contributed by atoms with van der Waals surface area (Å²) in [6.45, 7) is 6.12. The van der Waals surface area contributed by atoms with Crippen LogP contribution in [0.15, 0.2) is 84.9 Å². The number of hydrogen-bond acceptors (Lipinski definition) is 4. The average molecular weight is 580 g/mol. The fraction of sp³-hybridized carbons (Fsp3) is 0.267. The average Bonchev–Trinajstić information content (AvgIpc) is 3.67. The molecule has 0 fully saturated rings. The zero-order chi connectivity index (χ0) is 27.8. The summed E-state index contributed by atoms with van der Waals surface area (Å²) in [4.78, 5) is 0. The minimum atomic E-state index is -0.818. The van der Waals surface area contributed by atoms with Gasteiger partial charge < -0.3 is 18.9 Å². The minimum Gasteiger partial charge on any atom is -0.546 e. The predicted molar refractivity (Wildman–Crippen MR) is 138 cm³/mol. The van der Waals surface area contributed by atoms with E-state index in [1.54, 1.807) is 0 Å². The summed E-state index contributed by atoms with van der Waals surface area (Å²) in [5.74, 6) is -3.13. The van der Waals surface area contributed by atoms with Crippen molar-refractivity contribution in [2.45, 2.75) is 13.8 Å². The second-order valence-corrected chi connectivity index (χ2v) is 6.98. The van der Waals surface area contributed by atoms with Crippen LogP contribution in [0.25, 0.3) is 0 Å². The van der Waals surface area contributed by atoms with Crippen molar-refractivity contribution in [2.75, 3.05) is 39.6 Å². The number of ether oxygens (including phenoxy) is 4. The van der Waals surface area contributed by atoms with E-state index in [1.165, 1.54) is 12.1 Å². The van der Waals surface area contributed by atoms with Crippen molar-refractivity contribution >= 4 is 0 Å². The van der Waals surface area contributed by atoms with Crippen LogP contribution in [0.2, 0.25) is 0 Å². The Labute approximate surface area is 243 Å². The summed E-state index contributed by atoms with van der Waals surface area (Å²) in [7, 11) is 0. The number of hydrogen-bond donors (Lipinski definition) is 0. The summed E-state index contributed by atoms with van der Waals surface area (Å²) in [6.07, 6.45) is 0. The van der Waals surface area contributed by atoms with Gasteiger partial charge in [0.25, 0.3) is 0 Å². The van der Waals surface area contributed by atoms with Crippen molar-refractivity contribution in [3.63, 3.8) is 0 Å². The molecule has 0 unspecified atom stereocenters. The topological polar surface area (TPSA) is 36.9 Å². The van der Waals surface area contributed by atoms with E-state index in [9.17, 15) is 17.6 Å². The van der Waals surface area contributed by atoms with Gasteiger partial charge in [-0.25, -0.2) is 41.8 Å². The van der Waals surface area contributed by atoms with Crippen LogP contribution in [0, 0.1) is 35.4 Å². The zero-order valence-corrected chi connectivity index (χ0v) is 23.5. The monoisotopic (exact) mass is 580 g/mol. The molecular formula is C30H32F4O4Ti. The van der Waals surface area contributed by atoms with Crippen LogP contribution in [-0.2, 0) is 31.2 Å². The first-order valence-corrected chi connectivity index (χ1v) is 12.0. The molecule has 0 aliphatic heterocycles. The molecule has 0 amide bonds. The van der Waals surface area contributed by atoms with Crippen LogP contribution >= 0.6 is 0 Å². The van der Waals surface area contributed by atoms with Crippen molar-refractivity contribution in [2.24, 2.45) is 0 Å². The molecule has 4 aromatic carbocycles. The quantitative estimate of drug-likeness (QED) is 0.0863. The van der Waals surface area contributed by atoms with Gasteiger partial charge in [-0.2, -0.15) is 36.4 Å². The molecule has 4 nitrogen and oxygen atoms in total. The third kappa shape index (κ3) is 18.9. The maximum absolute atomic E-state index is 12.9. The smallest absolute Gasteiger partial charge is 0.546 e. The molecule has 0 saturated heterocycles. The van der Waals surface area contributed by atoms with E-state index >= 15 is 0 Å². The molecule has 0 saturated carbocycles. The molecule has 0 bridgehead atoms. The summed E-state index contributed by atoms with van der Waals surface area (Å²) in [5.41, 5.74) is 0. The van der Waals surface area contributed by atoms with Gasteiger partial charge in [-0.15, -0.1) is 36.4 Å². The van der Waals surface area contributed by atoms with E-state index in [4.69, 9.17) is 18.9 Å². The Morgan fingerprint density at radius 3 is 1.21 bits per heavy atom. The molecule has 0 aliphatic rings. The summed E-state index contributed by atoms with van der Waals surface area (Å²) >= 11 is 0. The normalized spacial score (nSPS) is 9.38. The van der Waals surface area contributed by atoms with Crippen LogP contribution in [0.3, 0.4) is 0 Å². The summed E-state index contributed by atoms with van der Waals surface area (Å²) < 4.78 is 70.6. The van der Waals surface area contributed by atoms with Gasteiger partial charge >= 0.3 is 21.7 Å². The van der Waals surface area contributed by atoms with E-state index in [0.717, 1.165) is 12.1 Å². The fourth-order valence-corrected chi connectivity index (χ4v) is 2.43. The van der Waals surface area contributed by atoms with Gasteiger partial charge in [0.2, 0.25) is 0 Å². The van der Waals surface area contributed by atoms with E-state index in [1.807, 2.05) is 86.6 Å². The first-order valence-electron chi connectivity index (χ1n) is 12.0.